The molecule has 0 heterocycles. The lowest BCUT2D eigenvalue weighted by atomic mass is 10.1. The van der Waals surface area contributed by atoms with Crippen molar-refractivity contribution in [3.63, 3.8) is 0 Å². The zero-order chi connectivity index (χ0) is 11.3. The van der Waals surface area contributed by atoms with Crippen LogP contribution in [0.25, 0.3) is 0 Å². The molecule has 4 heteroatoms. The van der Waals surface area contributed by atoms with Crippen LogP contribution in [0.2, 0.25) is 0 Å². The highest BCUT2D eigenvalue weighted by atomic mass is 16.5. The highest BCUT2D eigenvalue weighted by Crippen LogP contribution is 2.12. The predicted octanol–water partition coefficient (Wildman–Crippen LogP) is 0.696. The van der Waals surface area contributed by atoms with Gasteiger partial charge < -0.3 is 15.2 Å². The van der Waals surface area contributed by atoms with E-state index in [0.717, 1.165) is 5.56 Å². The summed E-state index contributed by atoms with van der Waals surface area (Å²) in [4.78, 5) is 11.3. The second kappa shape index (κ2) is 5.36. The Kier molecular flexibility index (Phi) is 4.12. The normalized spacial score (nSPS) is 12.1. The fraction of sp³-hybridized carbons (Fsp3) is 0.364. The molecule has 0 amide bonds. The van der Waals surface area contributed by atoms with Crippen molar-refractivity contribution in [2.45, 2.75) is 12.5 Å². The van der Waals surface area contributed by atoms with Crippen molar-refractivity contribution in [3.05, 3.63) is 29.8 Å². The van der Waals surface area contributed by atoms with E-state index >= 15 is 0 Å². The summed E-state index contributed by atoms with van der Waals surface area (Å²) in [6.07, 6.45) is 0.498. The van der Waals surface area contributed by atoms with Gasteiger partial charge in [-0.15, -0.1) is 0 Å². The van der Waals surface area contributed by atoms with Crippen molar-refractivity contribution in [1.29, 1.82) is 0 Å². The van der Waals surface area contributed by atoms with Crippen LogP contribution in [0.15, 0.2) is 24.3 Å². The standard InChI is InChI=1S/C11H15NO3/c1-12-10(11(14)15-2)7-8-4-3-5-9(13)6-8/h3-6,10,12-13H,7H2,1-2H3/t10-/m0/s1. The molecule has 0 aliphatic rings. The quantitative estimate of drug-likeness (QED) is 0.716. The summed E-state index contributed by atoms with van der Waals surface area (Å²) >= 11 is 0. The number of carbonyl (C=O) groups excluding carboxylic acids is 1. The molecule has 0 aromatic heterocycles. The van der Waals surface area contributed by atoms with Gasteiger partial charge in [-0.05, 0) is 31.2 Å². The molecular weight excluding hydrogens is 194 g/mol. The molecule has 0 saturated carbocycles. The lowest BCUT2D eigenvalue weighted by Gasteiger charge is -2.13. The first-order valence-corrected chi connectivity index (χ1v) is 4.70. The van der Waals surface area contributed by atoms with Gasteiger partial charge in [-0.2, -0.15) is 0 Å². The van der Waals surface area contributed by atoms with Gasteiger partial charge in [0.25, 0.3) is 0 Å². The van der Waals surface area contributed by atoms with Gasteiger partial charge in [0.05, 0.1) is 7.11 Å². The number of carbonyl (C=O) groups is 1. The van der Waals surface area contributed by atoms with Gasteiger partial charge in [0, 0.05) is 0 Å². The number of phenolic OH excluding ortho intramolecular Hbond substituents is 1. The van der Waals surface area contributed by atoms with Gasteiger partial charge in [0.2, 0.25) is 0 Å². The number of hydrogen-bond donors (Lipinski definition) is 2. The van der Waals surface area contributed by atoms with E-state index in [2.05, 4.69) is 10.1 Å². The highest BCUT2D eigenvalue weighted by Gasteiger charge is 2.17. The lowest BCUT2D eigenvalue weighted by molar-refractivity contribution is -0.142. The summed E-state index contributed by atoms with van der Waals surface area (Å²) in [6.45, 7) is 0. The number of ether oxygens (including phenoxy) is 1. The second-order valence-electron chi connectivity index (χ2n) is 3.24. The number of esters is 1. The first-order valence-electron chi connectivity index (χ1n) is 4.70. The summed E-state index contributed by atoms with van der Waals surface area (Å²) < 4.78 is 4.64. The number of phenols is 1. The molecule has 2 N–H and O–H groups in total. The Morgan fingerprint density at radius 1 is 1.60 bits per heavy atom. The molecule has 1 aromatic rings. The zero-order valence-electron chi connectivity index (χ0n) is 8.86. The average Bonchev–Trinajstić information content (AvgIpc) is 2.25. The maximum absolute atomic E-state index is 11.3. The molecule has 1 rings (SSSR count). The highest BCUT2D eigenvalue weighted by molar-refractivity contribution is 5.76. The number of nitrogens with one attached hydrogen (secondary N) is 1. The fourth-order valence-electron chi connectivity index (χ4n) is 1.36. The molecule has 0 aliphatic heterocycles. The summed E-state index contributed by atoms with van der Waals surface area (Å²) in [5.41, 5.74) is 0.889. The molecule has 15 heavy (non-hydrogen) atoms. The minimum atomic E-state index is -0.378. The second-order valence-corrected chi connectivity index (χ2v) is 3.24. The third-order valence-electron chi connectivity index (χ3n) is 2.18. The molecule has 82 valence electrons. The summed E-state index contributed by atoms with van der Waals surface area (Å²) in [5, 5.41) is 12.1. The Labute approximate surface area is 88.9 Å². The van der Waals surface area contributed by atoms with Crippen LogP contribution in [0.5, 0.6) is 5.75 Å². The Balaban J connectivity index is 2.70. The molecule has 0 saturated heterocycles. The SMILES string of the molecule is CN[C@@H](Cc1cccc(O)c1)C(=O)OC. The first kappa shape index (κ1) is 11.5. The Bertz CT molecular complexity index is 338. The maximum Gasteiger partial charge on any atom is 0.323 e. The topological polar surface area (TPSA) is 58.6 Å². The molecule has 0 fully saturated rings. The number of aromatic hydroxyl groups is 1. The summed E-state index contributed by atoms with van der Waals surface area (Å²) in [6, 6.07) is 6.45. The van der Waals surface area contributed by atoms with E-state index in [1.54, 1.807) is 25.2 Å². The molecule has 0 bridgehead atoms. The molecule has 0 unspecified atom stereocenters. The van der Waals surface area contributed by atoms with Crippen molar-refractivity contribution in [1.82, 2.24) is 5.32 Å². The first-order chi connectivity index (χ1) is 7.17. The van der Waals surface area contributed by atoms with Gasteiger partial charge in [-0.1, -0.05) is 12.1 Å². The molecule has 0 radical (unpaired) electrons. The van der Waals surface area contributed by atoms with Gasteiger partial charge in [0.15, 0.2) is 0 Å². The summed E-state index contributed by atoms with van der Waals surface area (Å²) in [7, 11) is 3.06. The maximum atomic E-state index is 11.3. The third kappa shape index (κ3) is 3.25. The van der Waals surface area contributed by atoms with Crippen molar-refractivity contribution < 1.29 is 14.6 Å². The van der Waals surface area contributed by atoms with Crippen LogP contribution in [0.4, 0.5) is 0 Å². The average molecular weight is 209 g/mol. The predicted molar refractivity (Wildman–Crippen MR) is 56.7 cm³/mol. The molecule has 4 nitrogen and oxygen atoms in total. The van der Waals surface area contributed by atoms with Crippen LogP contribution >= 0.6 is 0 Å². The number of rotatable bonds is 4. The van der Waals surface area contributed by atoms with Crippen LogP contribution in [0.3, 0.4) is 0 Å². The Morgan fingerprint density at radius 3 is 2.87 bits per heavy atom. The molecular formula is C11H15NO3. The van der Waals surface area contributed by atoms with E-state index < -0.39 is 0 Å². The van der Waals surface area contributed by atoms with Gasteiger partial charge in [-0.25, -0.2) is 0 Å². The minimum Gasteiger partial charge on any atom is -0.508 e. The van der Waals surface area contributed by atoms with Crippen LogP contribution in [0, 0.1) is 0 Å². The van der Waals surface area contributed by atoms with Gasteiger partial charge >= 0.3 is 5.97 Å². The van der Waals surface area contributed by atoms with Crippen molar-refractivity contribution in [2.24, 2.45) is 0 Å². The van der Waals surface area contributed by atoms with Crippen LogP contribution < -0.4 is 5.32 Å². The Hall–Kier alpha value is -1.55. The van der Waals surface area contributed by atoms with Crippen molar-refractivity contribution in [2.75, 3.05) is 14.2 Å². The number of hydrogen-bond acceptors (Lipinski definition) is 4. The fourth-order valence-corrected chi connectivity index (χ4v) is 1.36. The monoisotopic (exact) mass is 209 g/mol. The zero-order valence-corrected chi connectivity index (χ0v) is 8.86. The van der Waals surface area contributed by atoms with E-state index in [4.69, 9.17) is 0 Å². The van der Waals surface area contributed by atoms with Crippen LogP contribution in [-0.2, 0) is 16.0 Å². The molecule has 1 aromatic carbocycles. The molecule has 0 spiro atoms. The number of benzene rings is 1. The van der Waals surface area contributed by atoms with E-state index in [0.29, 0.717) is 6.42 Å². The smallest absolute Gasteiger partial charge is 0.323 e. The third-order valence-corrected chi connectivity index (χ3v) is 2.18. The lowest BCUT2D eigenvalue weighted by Crippen LogP contribution is -2.36. The minimum absolute atomic E-state index is 0.201. The van der Waals surface area contributed by atoms with Gasteiger partial charge in [0.1, 0.15) is 11.8 Å². The van der Waals surface area contributed by atoms with Crippen molar-refractivity contribution in [3.8, 4) is 5.75 Å². The van der Waals surface area contributed by atoms with E-state index in [1.807, 2.05) is 6.07 Å². The van der Waals surface area contributed by atoms with Gasteiger partial charge in [-0.3, -0.25) is 4.79 Å². The van der Waals surface area contributed by atoms with E-state index in [1.165, 1.54) is 7.11 Å². The number of likely N-dealkylation sites (N-methyl/N-ethyl adjacent to an activating group) is 1. The van der Waals surface area contributed by atoms with Crippen molar-refractivity contribution >= 4 is 5.97 Å². The van der Waals surface area contributed by atoms with Crippen LogP contribution in [0.1, 0.15) is 5.56 Å². The van der Waals surface area contributed by atoms with E-state index in [-0.39, 0.29) is 17.8 Å². The summed E-state index contributed by atoms with van der Waals surface area (Å²) in [5.74, 6) is -0.104. The Morgan fingerprint density at radius 2 is 2.33 bits per heavy atom. The van der Waals surface area contributed by atoms with E-state index in [9.17, 15) is 9.90 Å². The molecule has 1 atom stereocenters. The number of methoxy groups -OCH3 is 1. The molecule has 0 aliphatic carbocycles. The largest absolute Gasteiger partial charge is 0.508 e. The van der Waals surface area contributed by atoms with Crippen LogP contribution in [-0.4, -0.2) is 31.3 Å².